The molecule has 3 N–H and O–H groups in total. The van der Waals surface area contributed by atoms with Crippen LogP contribution in [0.3, 0.4) is 0 Å². The van der Waals surface area contributed by atoms with E-state index in [4.69, 9.17) is 11.1 Å². The summed E-state index contributed by atoms with van der Waals surface area (Å²) >= 11 is 3.96. The van der Waals surface area contributed by atoms with Gasteiger partial charge in [-0.25, -0.2) is 0 Å². The minimum Gasteiger partial charge on any atom is -0.370 e. The monoisotopic (exact) mass is 133 g/mol. The summed E-state index contributed by atoms with van der Waals surface area (Å²) in [5.41, 5.74) is 5.10. The SMILES string of the molecule is CN(CCS)C(=N)N. The lowest BCUT2D eigenvalue weighted by Crippen LogP contribution is -2.34. The highest BCUT2D eigenvalue weighted by molar-refractivity contribution is 7.80. The fourth-order valence-electron chi connectivity index (χ4n) is 0.270. The predicted molar refractivity (Wildman–Crippen MR) is 38.4 cm³/mol. The van der Waals surface area contributed by atoms with Crippen LogP contribution in [0.5, 0.6) is 0 Å². The van der Waals surface area contributed by atoms with Crippen LogP contribution in [0.15, 0.2) is 0 Å². The van der Waals surface area contributed by atoms with Gasteiger partial charge in [0.15, 0.2) is 5.96 Å². The van der Waals surface area contributed by atoms with Crippen LogP contribution in [0.1, 0.15) is 0 Å². The van der Waals surface area contributed by atoms with Crippen molar-refractivity contribution in [3.8, 4) is 0 Å². The third kappa shape index (κ3) is 2.74. The number of nitrogens with zero attached hydrogens (tertiary/aromatic N) is 1. The number of hydrogen-bond acceptors (Lipinski definition) is 2. The van der Waals surface area contributed by atoms with Crippen LogP contribution in [0, 0.1) is 5.41 Å². The summed E-state index contributed by atoms with van der Waals surface area (Å²) in [5.74, 6) is 0.829. The normalized spacial score (nSPS) is 8.75. The summed E-state index contributed by atoms with van der Waals surface area (Å²) in [6, 6.07) is 0. The predicted octanol–water partition coefficient (Wildman–Crippen LogP) is -0.259. The fourth-order valence-corrected chi connectivity index (χ4v) is 0.570. The van der Waals surface area contributed by atoms with E-state index in [0.29, 0.717) is 0 Å². The standard InChI is InChI=1S/C4H11N3S/c1-7(2-3-8)4(5)6/h8H,2-3H2,1H3,(H3,5,6). The molecule has 0 saturated carbocycles. The number of rotatable bonds is 2. The molecule has 0 spiro atoms. The first-order valence-corrected chi connectivity index (χ1v) is 2.97. The maximum atomic E-state index is 6.87. The molecule has 0 aromatic carbocycles. The van der Waals surface area contributed by atoms with Crippen molar-refractivity contribution in [1.29, 1.82) is 5.41 Å². The highest BCUT2D eigenvalue weighted by Crippen LogP contribution is 1.80. The van der Waals surface area contributed by atoms with Gasteiger partial charge in [0.2, 0.25) is 0 Å². The van der Waals surface area contributed by atoms with E-state index in [1.165, 1.54) is 0 Å². The molecule has 0 heterocycles. The van der Waals surface area contributed by atoms with Gasteiger partial charge in [-0.1, -0.05) is 0 Å². The lowest BCUT2D eigenvalue weighted by molar-refractivity contribution is 0.530. The van der Waals surface area contributed by atoms with Gasteiger partial charge in [0.1, 0.15) is 0 Å². The molecule has 0 atom stereocenters. The zero-order chi connectivity index (χ0) is 6.57. The molecule has 8 heavy (non-hydrogen) atoms. The van der Waals surface area contributed by atoms with Crippen LogP contribution in [0.25, 0.3) is 0 Å². The van der Waals surface area contributed by atoms with Crippen LogP contribution in [0.2, 0.25) is 0 Å². The maximum absolute atomic E-state index is 6.87. The zero-order valence-corrected chi connectivity index (χ0v) is 5.78. The number of nitrogens with two attached hydrogens (primary N) is 1. The molecule has 0 unspecified atom stereocenters. The zero-order valence-electron chi connectivity index (χ0n) is 4.89. The van der Waals surface area contributed by atoms with E-state index in [1.807, 2.05) is 0 Å². The molecule has 0 fully saturated rings. The second-order valence-corrected chi connectivity index (χ2v) is 1.98. The van der Waals surface area contributed by atoms with Crippen molar-refractivity contribution in [3.05, 3.63) is 0 Å². The van der Waals surface area contributed by atoms with E-state index >= 15 is 0 Å². The smallest absolute Gasteiger partial charge is 0.188 e. The minimum atomic E-state index is 0.0963. The van der Waals surface area contributed by atoms with E-state index in [-0.39, 0.29) is 5.96 Å². The summed E-state index contributed by atoms with van der Waals surface area (Å²) in [5, 5.41) is 6.87. The third-order valence-corrected chi connectivity index (χ3v) is 1.05. The van der Waals surface area contributed by atoms with Crippen LogP contribution >= 0.6 is 12.6 Å². The Kier molecular flexibility index (Phi) is 3.43. The van der Waals surface area contributed by atoms with Gasteiger partial charge in [0, 0.05) is 19.3 Å². The molecule has 0 amide bonds. The fraction of sp³-hybridized carbons (Fsp3) is 0.750. The van der Waals surface area contributed by atoms with E-state index in [1.54, 1.807) is 11.9 Å². The number of hydrogen-bond donors (Lipinski definition) is 3. The molecule has 0 aromatic heterocycles. The Balaban J connectivity index is 3.32. The number of thiol groups is 1. The molecule has 0 aliphatic carbocycles. The molecular weight excluding hydrogens is 122 g/mol. The summed E-state index contributed by atoms with van der Waals surface area (Å²) in [6.07, 6.45) is 0. The summed E-state index contributed by atoms with van der Waals surface area (Å²) in [4.78, 5) is 1.63. The highest BCUT2D eigenvalue weighted by atomic mass is 32.1. The van der Waals surface area contributed by atoms with Crippen molar-refractivity contribution in [1.82, 2.24) is 4.90 Å². The molecule has 0 aliphatic rings. The maximum Gasteiger partial charge on any atom is 0.188 e. The lowest BCUT2D eigenvalue weighted by Gasteiger charge is -2.13. The Morgan fingerprint density at radius 2 is 2.38 bits per heavy atom. The lowest BCUT2D eigenvalue weighted by atomic mass is 10.6. The van der Waals surface area contributed by atoms with Gasteiger partial charge >= 0.3 is 0 Å². The van der Waals surface area contributed by atoms with E-state index in [0.717, 1.165) is 12.3 Å². The third-order valence-electron chi connectivity index (χ3n) is 0.847. The molecule has 0 saturated heterocycles. The van der Waals surface area contributed by atoms with Crippen LogP contribution in [0.4, 0.5) is 0 Å². The average molecular weight is 133 g/mol. The molecule has 0 rings (SSSR count). The van der Waals surface area contributed by atoms with E-state index in [2.05, 4.69) is 12.6 Å². The van der Waals surface area contributed by atoms with Crippen molar-refractivity contribution >= 4 is 18.6 Å². The molecule has 3 nitrogen and oxygen atoms in total. The van der Waals surface area contributed by atoms with Gasteiger partial charge in [0.05, 0.1) is 0 Å². The van der Waals surface area contributed by atoms with Crippen molar-refractivity contribution in [2.24, 2.45) is 5.73 Å². The second kappa shape index (κ2) is 3.60. The molecule has 4 heteroatoms. The first-order chi connectivity index (χ1) is 3.68. The molecule has 48 valence electrons. The van der Waals surface area contributed by atoms with Crippen molar-refractivity contribution < 1.29 is 0 Å². The minimum absolute atomic E-state index is 0.0963. The quantitative estimate of drug-likeness (QED) is 0.276. The first-order valence-electron chi connectivity index (χ1n) is 2.34. The Morgan fingerprint density at radius 1 is 1.88 bits per heavy atom. The Hall–Kier alpha value is -0.380. The largest absolute Gasteiger partial charge is 0.370 e. The van der Waals surface area contributed by atoms with Crippen LogP contribution in [-0.4, -0.2) is 30.2 Å². The van der Waals surface area contributed by atoms with Crippen molar-refractivity contribution in [2.45, 2.75) is 0 Å². The van der Waals surface area contributed by atoms with Gasteiger partial charge in [-0.05, 0) is 0 Å². The number of nitrogens with one attached hydrogen (secondary N) is 1. The van der Waals surface area contributed by atoms with Gasteiger partial charge in [-0.2, -0.15) is 12.6 Å². The molecule has 0 radical (unpaired) electrons. The van der Waals surface area contributed by atoms with Crippen molar-refractivity contribution in [2.75, 3.05) is 19.3 Å². The Morgan fingerprint density at radius 3 is 2.50 bits per heavy atom. The topological polar surface area (TPSA) is 53.1 Å². The van der Waals surface area contributed by atoms with Gasteiger partial charge in [0.25, 0.3) is 0 Å². The van der Waals surface area contributed by atoms with Gasteiger partial charge in [-0.3, -0.25) is 5.41 Å². The van der Waals surface area contributed by atoms with E-state index in [9.17, 15) is 0 Å². The second-order valence-electron chi connectivity index (χ2n) is 1.53. The molecule has 0 aromatic rings. The summed E-state index contributed by atoms with van der Waals surface area (Å²) in [6.45, 7) is 0.735. The van der Waals surface area contributed by atoms with E-state index < -0.39 is 0 Å². The summed E-state index contributed by atoms with van der Waals surface area (Å²) < 4.78 is 0. The van der Waals surface area contributed by atoms with Gasteiger partial charge in [-0.15, -0.1) is 0 Å². The Labute approximate surface area is 54.8 Å². The van der Waals surface area contributed by atoms with Gasteiger partial charge < -0.3 is 10.6 Å². The molecular formula is C4H11N3S. The first kappa shape index (κ1) is 7.62. The molecule has 0 aliphatic heterocycles. The van der Waals surface area contributed by atoms with Crippen molar-refractivity contribution in [3.63, 3.8) is 0 Å². The van der Waals surface area contributed by atoms with Crippen LogP contribution in [-0.2, 0) is 0 Å². The molecule has 0 bridgehead atoms. The highest BCUT2D eigenvalue weighted by Gasteiger charge is 1.93. The Bertz CT molecular complexity index is 83.4. The summed E-state index contributed by atoms with van der Waals surface area (Å²) in [7, 11) is 1.76. The average Bonchev–Trinajstić information content (AvgIpc) is 1.67. The van der Waals surface area contributed by atoms with Crippen LogP contribution < -0.4 is 5.73 Å². The number of guanidine groups is 1.